The molecule has 100 valence electrons. The number of nitrogens with one attached hydrogen (secondary N) is 1. The Kier molecular flexibility index (Phi) is 3.74. The Bertz CT molecular complexity index is 597. The molecule has 1 aromatic carbocycles. The molecule has 1 aromatic heterocycles. The SMILES string of the molecule is Cc1cnn(CCNc2cccc(F)c2[N+](=O)[O-])c1. The van der Waals surface area contributed by atoms with E-state index >= 15 is 0 Å². The second-order valence-electron chi connectivity index (χ2n) is 4.10. The highest BCUT2D eigenvalue weighted by Gasteiger charge is 2.19. The summed E-state index contributed by atoms with van der Waals surface area (Å²) in [5.41, 5.74) is 0.685. The molecule has 1 heterocycles. The average molecular weight is 264 g/mol. The van der Waals surface area contributed by atoms with E-state index in [9.17, 15) is 14.5 Å². The molecule has 0 fully saturated rings. The van der Waals surface area contributed by atoms with E-state index in [0.717, 1.165) is 11.6 Å². The van der Waals surface area contributed by atoms with Crippen LogP contribution in [0.4, 0.5) is 15.8 Å². The van der Waals surface area contributed by atoms with Crippen LogP contribution in [0.3, 0.4) is 0 Å². The highest BCUT2D eigenvalue weighted by atomic mass is 19.1. The number of hydrogen-bond acceptors (Lipinski definition) is 4. The van der Waals surface area contributed by atoms with E-state index in [-0.39, 0.29) is 5.69 Å². The summed E-state index contributed by atoms with van der Waals surface area (Å²) in [4.78, 5) is 10.1. The van der Waals surface area contributed by atoms with Crippen molar-refractivity contribution in [3.05, 3.63) is 52.1 Å². The number of aryl methyl sites for hydroxylation is 1. The summed E-state index contributed by atoms with van der Waals surface area (Å²) in [6, 6.07) is 3.98. The number of anilines is 1. The Hall–Kier alpha value is -2.44. The molecule has 0 aliphatic carbocycles. The smallest absolute Gasteiger partial charge is 0.327 e. The topological polar surface area (TPSA) is 73.0 Å². The van der Waals surface area contributed by atoms with Gasteiger partial charge in [0.25, 0.3) is 0 Å². The molecule has 2 aromatic rings. The summed E-state index contributed by atoms with van der Waals surface area (Å²) >= 11 is 0. The van der Waals surface area contributed by atoms with Crippen LogP contribution >= 0.6 is 0 Å². The monoisotopic (exact) mass is 264 g/mol. The van der Waals surface area contributed by atoms with Crippen molar-refractivity contribution in [1.29, 1.82) is 0 Å². The summed E-state index contributed by atoms with van der Waals surface area (Å²) in [6.07, 6.45) is 3.59. The second kappa shape index (κ2) is 5.47. The fourth-order valence-electron chi connectivity index (χ4n) is 1.74. The molecule has 0 saturated heterocycles. The van der Waals surface area contributed by atoms with Gasteiger partial charge in [0.05, 0.1) is 17.7 Å². The minimum Gasteiger partial charge on any atom is -0.378 e. The van der Waals surface area contributed by atoms with Crippen LogP contribution in [0.25, 0.3) is 0 Å². The molecule has 0 bridgehead atoms. The summed E-state index contributed by atoms with van der Waals surface area (Å²) in [5, 5.41) is 17.7. The average Bonchev–Trinajstić information content (AvgIpc) is 2.74. The molecule has 0 aliphatic rings. The third-order valence-electron chi connectivity index (χ3n) is 2.59. The maximum absolute atomic E-state index is 13.4. The fourth-order valence-corrected chi connectivity index (χ4v) is 1.74. The molecular formula is C12H13FN4O2. The highest BCUT2D eigenvalue weighted by Crippen LogP contribution is 2.26. The summed E-state index contributed by atoms with van der Waals surface area (Å²) in [6.45, 7) is 2.89. The lowest BCUT2D eigenvalue weighted by Gasteiger charge is -2.07. The zero-order chi connectivity index (χ0) is 13.8. The number of nitro groups is 1. The van der Waals surface area contributed by atoms with Crippen molar-refractivity contribution < 1.29 is 9.31 Å². The van der Waals surface area contributed by atoms with Crippen molar-refractivity contribution in [3.8, 4) is 0 Å². The lowest BCUT2D eigenvalue weighted by molar-refractivity contribution is -0.386. The molecule has 0 spiro atoms. The van der Waals surface area contributed by atoms with E-state index in [1.165, 1.54) is 12.1 Å². The maximum Gasteiger partial charge on any atom is 0.327 e. The number of para-hydroxylation sites is 1. The highest BCUT2D eigenvalue weighted by molar-refractivity contribution is 5.61. The van der Waals surface area contributed by atoms with Crippen LogP contribution in [0.5, 0.6) is 0 Å². The van der Waals surface area contributed by atoms with Gasteiger partial charge in [-0.1, -0.05) is 6.07 Å². The van der Waals surface area contributed by atoms with Crippen LogP contribution in [-0.2, 0) is 6.54 Å². The molecule has 0 unspecified atom stereocenters. The maximum atomic E-state index is 13.4. The van der Waals surface area contributed by atoms with Gasteiger partial charge in [0.15, 0.2) is 0 Å². The van der Waals surface area contributed by atoms with Crippen molar-refractivity contribution in [3.63, 3.8) is 0 Å². The van der Waals surface area contributed by atoms with Gasteiger partial charge in [-0.25, -0.2) is 0 Å². The Morgan fingerprint density at radius 2 is 2.32 bits per heavy atom. The zero-order valence-electron chi connectivity index (χ0n) is 10.3. The first-order valence-corrected chi connectivity index (χ1v) is 5.74. The second-order valence-corrected chi connectivity index (χ2v) is 4.10. The van der Waals surface area contributed by atoms with Gasteiger partial charge >= 0.3 is 5.69 Å². The number of rotatable bonds is 5. The lowest BCUT2D eigenvalue weighted by Crippen LogP contribution is -2.12. The fraction of sp³-hybridized carbons (Fsp3) is 0.250. The van der Waals surface area contributed by atoms with Crippen molar-refractivity contribution >= 4 is 11.4 Å². The van der Waals surface area contributed by atoms with Crippen molar-refractivity contribution in [2.24, 2.45) is 0 Å². The quantitative estimate of drug-likeness (QED) is 0.664. The summed E-state index contributed by atoms with van der Waals surface area (Å²) < 4.78 is 15.1. The standard InChI is InChI=1S/C12H13FN4O2/c1-9-7-15-16(8-9)6-5-14-11-4-2-3-10(13)12(11)17(18)19/h2-4,7-8,14H,5-6H2,1H3. The van der Waals surface area contributed by atoms with Crippen molar-refractivity contribution in [2.45, 2.75) is 13.5 Å². The normalized spacial score (nSPS) is 10.4. The molecule has 0 amide bonds. The molecule has 0 aliphatic heterocycles. The number of nitro benzene ring substituents is 1. The van der Waals surface area contributed by atoms with Gasteiger partial charge in [0.2, 0.25) is 5.82 Å². The van der Waals surface area contributed by atoms with Gasteiger partial charge in [-0.15, -0.1) is 0 Å². The first kappa shape index (κ1) is 13.0. The minimum atomic E-state index is -0.843. The molecule has 0 radical (unpaired) electrons. The third kappa shape index (κ3) is 3.06. The molecule has 7 heteroatoms. The molecule has 2 rings (SSSR count). The van der Waals surface area contributed by atoms with E-state index in [2.05, 4.69) is 10.4 Å². The first-order chi connectivity index (χ1) is 9.08. The number of nitrogens with zero attached hydrogens (tertiary/aromatic N) is 3. The third-order valence-corrected chi connectivity index (χ3v) is 2.59. The van der Waals surface area contributed by atoms with E-state index in [1.807, 2.05) is 13.1 Å². The molecule has 19 heavy (non-hydrogen) atoms. The molecule has 0 atom stereocenters. The largest absolute Gasteiger partial charge is 0.378 e. The first-order valence-electron chi connectivity index (χ1n) is 5.74. The Morgan fingerprint density at radius 3 is 2.95 bits per heavy atom. The number of aromatic nitrogens is 2. The van der Waals surface area contributed by atoms with Crippen LogP contribution in [0.1, 0.15) is 5.56 Å². The lowest BCUT2D eigenvalue weighted by atomic mass is 10.2. The van der Waals surface area contributed by atoms with Gasteiger partial charge in [0, 0.05) is 12.7 Å². The van der Waals surface area contributed by atoms with Crippen LogP contribution in [0.2, 0.25) is 0 Å². The number of halogens is 1. The van der Waals surface area contributed by atoms with Gasteiger partial charge in [0.1, 0.15) is 5.69 Å². The van der Waals surface area contributed by atoms with Crippen molar-refractivity contribution in [2.75, 3.05) is 11.9 Å². The predicted octanol–water partition coefficient (Wildman–Crippen LogP) is 2.35. The van der Waals surface area contributed by atoms with Gasteiger partial charge in [-0.3, -0.25) is 14.8 Å². The van der Waals surface area contributed by atoms with Gasteiger partial charge in [-0.05, 0) is 24.6 Å². The van der Waals surface area contributed by atoms with Crippen LogP contribution < -0.4 is 5.32 Å². The van der Waals surface area contributed by atoms with E-state index in [0.29, 0.717) is 13.1 Å². The Balaban J connectivity index is 2.03. The Morgan fingerprint density at radius 1 is 1.53 bits per heavy atom. The summed E-state index contributed by atoms with van der Waals surface area (Å²) in [5.74, 6) is -0.843. The van der Waals surface area contributed by atoms with Crippen LogP contribution in [0, 0.1) is 22.9 Å². The van der Waals surface area contributed by atoms with Gasteiger partial charge < -0.3 is 5.32 Å². The predicted molar refractivity (Wildman–Crippen MR) is 68.5 cm³/mol. The van der Waals surface area contributed by atoms with Crippen molar-refractivity contribution in [1.82, 2.24) is 9.78 Å². The van der Waals surface area contributed by atoms with E-state index in [4.69, 9.17) is 0 Å². The summed E-state index contributed by atoms with van der Waals surface area (Å²) in [7, 11) is 0. The minimum absolute atomic E-state index is 0.175. The molecule has 6 nitrogen and oxygen atoms in total. The zero-order valence-corrected chi connectivity index (χ0v) is 10.3. The van der Waals surface area contributed by atoms with Crippen LogP contribution in [0.15, 0.2) is 30.6 Å². The molecule has 0 saturated carbocycles. The van der Waals surface area contributed by atoms with Crippen LogP contribution in [-0.4, -0.2) is 21.2 Å². The number of benzene rings is 1. The molecular weight excluding hydrogens is 251 g/mol. The number of hydrogen-bond donors (Lipinski definition) is 1. The van der Waals surface area contributed by atoms with E-state index in [1.54, 1.807) is 10.9 Å². The molecule has 1 N–H and O–H groups in total. The van der Waals surface area contributed by atoms with Gasteiger partial charge in [-0.2, -0.15) is 9.49 Å². The Labute approximate surface area is 109 Å². The van der Waals surface area contributed by atoms with E-state index < -0.39 is 16.4 Å².